The second-order valence-corrected chi connectivity index (χ2v) is 9.54. The molecule has 0 atom stereocenters. The summed E-state index contributed by atoms with van der Waals surface area (Å²) in [6, 6.07) is 17.5. The number of rotatable bonds is 5. The van der Waals surface area contributed by atoms with Crippen LogP contribution in [0.15, 0.2) is 77.3 Å². The zero-order valence-corrected chi connectivity index (χ0v) is 22.3. The molecule has 2 aromatic carbocycles. The van der Waals surface area contributed by atoms with Crippen molar-refractivity contribution < 1.29 is 26.8 Å². The van der Waals surface area contributed by atoms with E-state index in [9.17, 15) is 22.4 Å². The van der Waals surface area contributed by atoms with Gasteiger partial charge in [-0.1, -0.05) is 30.3 Å². The summed E-state index contributed by atoms with van der Waals surface area (Å²) in [5.41, 5.74) is -0.0547. The highest BCUT2D eigenvalue weighted by Gasteiger charge is 2.42. The van der Waals surface area contributed by atoms with E-state index in [1.54, 1.807) is 48.5 Å². The van der Waals surface area contributed by atoms with E-state index in [0.29, 0.717) is 48.4 Å². The second-order valence-electron chi connectivity index (χ2n) is 9.16. The number of carbonyl (C=O) groups is 1. The molecule has 1 amide bonds. The van der Waals surface area contributed by atoms with Crippen LogP contribution in [0.1, 0.15) is 22.7 Å². The number of hydrogen-bond donors (Lipinski definition) is 2. The van der Waals surface area contributed by atoms with Crippen LogP contribution in [0.4, 0.5) is 34.8 Å². The van der Waals surface area contributed by atoms with Crippen molar-refractivity contribution in [3.63, 3.8) is 0 Å². The molecule has 41 heavy (non-hydrogen) atoms. The number of amides is 1. The van der Waals surface area contributed by atoms with Gasteiger partial charge < -0.3 is 24.9 Å². The molecule has 0 saturated carbocycles. The quantitative estimate of drug-likeness (QED) is 0.217. The van der Waals surface area contributed by atoms with Crippen LogP contribution < -0.4 is 15.5 Å². The molecule has 5 rings (SSSR count). The summed E-state index contributed by atoms with van der Waals surface area (Å²) in [6.07, 6.45) is -2.79. The number of alkyl halides is 3. The van der Waals surface area contributed by atoms with Crippen molar-refractivity contribution >= 4 is 40.4 Å². The Balaban J connectivity index is 1.23. The van der Waals surface area contributed by atoms with E-state index in [2.05, 4.69) is 20.6 Å². The van der Waals surface area contributed by atoms with Crippen molar-refractivity contribution in [1.29, 1.82) is 0 Å². The van der Waals surface area contributed by atoms with Crippen molar-refractivity contribution in [1.82, 2.24) is 14.9 Å². The van der Waals surface area contributed by atoms with Crippen molar-refractivity contribution in [3.05, 3.63) is 90.2 Å². The first-order chi connectivity index (χ1) is 19.7. The van der Waals surface area contributed by atoms with Crippen molar-refractivity contribution in [3.8, 4) is 11.5 Å². The minimum absolute atomic E-state index is 0.197. The number of benzene rings is 2. The van der Waals surface area contributed by atoms with Gasteiger partial charge in [0.25, 0.3) is 5.91 Å². The summed E-state index contributed by atoms with van der Waals surface area (Å²) in [5.74, 6) is -2.62. The monoisotopic (exact) mass is 584 g/mol. The predicted molar refractivity (Wildman–Crippen MR) is 150 cm³/mol. The summed E-state index contributed by atoms with van der Waals surface area (Å²) in [7, 11) is 0. The molecule has 0 aliphatic carbocycles. The lowest BCUT2D eigenvalue weighted by atomic mass is 10.2. The third kappa shape index (κ3) is 6.62. The average Bonchev–Trinajstić information content (AvgIpc) is 3.29. The van der Waals surface area contributed by atoms with E-state index in [4.69, 9.17) is 16.6 Å². The molecule has 0 spiro atoms. The van der Waals surface area contributed by atoms with Crippen molar-refractivity contribution in [2.45, 2.75) is 12.6 Å². The Bertz CT molecular complexity index is 1530. The minimum Gasteiger partial charge on any atom is -0.431 e. The maximum atomic E-state index is 14.0. The predicted octanol–water partition coefficient (Wildman–Crippen LogP) is 6.06. The van der Waals surface area contributed by atoms with Gasteiger partial charge in [-0.3, -0.25) is 4.79 Å². The fourth-order valence-electron chi connectivity index (χ4n) is 4.31. The van der Waals surface area contributed by atoms with E-state index in [0.717, 1.165) is 6.42 Å². The molecule has 8 nitrogen and oxygen atoms in total. The maximum Gasteiger partial charge on any atom is 0.452 e. The first kappa shape index (κ1) is 28.0. The van der Waals surface area contributed by atoms with Gasteiger partial charge >= 0.3 is 6.18 Å². The van der Waals surface area contributed by atoms with E-state index in [-0.39, 0.29) is 11.6 Å². The Morgan fingerprint density at radius 2 is 1.68 bits per heavy atom. The molecule has 1 fully saturated rings. The smallest absolute Gasteiger partial charge is 0.431 e. The maximum absolute atomic E-state index is 14.0. The minimum atomic E-state index is -4.91. The highest BCUT2D eigenvalue weighted by molar-refractivity contribution is 7.80. The molecule has 4 aromatic rings. The molecule has 1 saturated heterocycles. The average molecular weight is 585 g/mol. The van der Waals surface area contributed by atoms with Gasteiger partial charge in [0.1, 0.15) is 11.6 Å². The van der Waals surface area contributed by atoms with Crippen LogP contribution in [0.2, 0.25) is 0 Å². The van der Waals surface area contributed by atoms with Crippen LogP contribution >= 0.6 is 12.2 Å². The summed E-state index contributed by atoms with van der Waals surface area (Å²) >= 11 is 5.48. The van der Waals surface area contributed by atoms with Gasteiger partial charge in [0.15, 0.2) is 10.8 Å². The lowest BCUT2D eigenvalue weighted by Gasteiger charge is -2.25. The molecular formula is C28H24F4N6O2S. The van der Waals surface area contributed by atoms with Gasteiger partial charge in [-0.15, -0.1) is 0 Å². The number of para-hydroxylation sites is 1. The number of hydrogen-bond acceptors (Lipinski definition) is 6. The van der Waals surface area contributed by atoms with Crippen molar-refractivity contribution in [2.24, 2.45) is 0 Å². The number of pyridine rings is 1. The summed E-state index contributed by atoms with van der Waals surface area (Å²) < 4.78 is 59.8. The van der Waals surface area contributed by atoms with Crippen LogP contribution in [-0.2, 0) is 6.18 Å². The van der Waals surface area contributed by atoms with Gasteiger partial charge in [-0.2, -0.15) is 13.2 Å². The summed E-state index contributed by atoms with van der Waals surface area (Å²) in [6.45, 7) is 2.48. The molecule has 1 aliphatic rings. The largest absolute Gasteiger partial charge is 0.452 e. The number of oxazole rings is 1. The number of halogens is 4. The molecule has 13 heteroatoms. The third-order valence-electron chi connectivity index (χ3n) is 6.35. The third-order valence-corrected chi connectivity index (χ3v) is 6.71. The fourth-order valence-corrected chi connectivity index (χ4v) is 4.61. The Labute approximate surface area is 238 Å². The van der Waals surface area contributed by atoms with E-state index in [1.165, 1.54) is 24.4 Å². The summed E-state index contributed by atoms with van der Waals surface area (Å²) in [5, 5.41) is 5.79. The number of aromatic nitrogens is 2. The van der Waals surface area contributed by atoms with Crippen LogP contribution in [0, 0.1) is 5.82 Å². The molecule has 212 valence electrons. The van der Waals surface area contributed by atoms with E-state index >= 15 is 0 Å². The van der Waals surface area contributed by atoms with Gasteiger partial charge in [0, 0.05) is 31.7 Å². The zero-order valence-electron chi connectivity index (χ0n) is 21.5. The lowest BCUT2D eigenvalue weighted by Crippen LogP contribution is -2.38. The van der Waals surface area contributed by atoms with Crippen LogP contribution in [-0.4, -0.2) is 52.1 Å². The standard InChI is InChI=1S/C28H24F4N6O2S/c29-20-9-4-5-10-21(20)35-27(41)38-14-6-13-37(15-16-38)22-12-11-19(17-33-22)34-25(39)23-24(28(30,31)32)40-26(36-23)18-7-2-1-3-8-18/h1-5,7-12,17H,6,13-16H2,(H,34,39)(H,35,41). The van der Waals surface area contributed by atoms with E-state index in [1.807, 2.05) is 9.80 Å². The second kappa shape index (κ2) is 11.9. The Morgan fingerprint density at radius 1 is 0.927 bits per heavy atom. The highest BCUT2D eigenvalue weighted by atomic mass is 32.1. The van der Waals surface area contributed by atoms with E-state index < -0.39 is 29.4 Å². The van der Waals surface area contributed by atoms with Gasteiger partial charge in [-0.25, -0.2) is 14.4 Å². The molecular weight excluding hydrogens is 560 g/mol. The topological polar surface area (TPSA) is 86.5 Å². The number of anilines is 3. The van der Waals surface area contributed by atoms with Gasteiger partial charge in [0.05, 0.1) is 17.6 Å². The molecule has 2 N–H and O–H groups in total. The Kier molecular flexibility index (Phi) is 8.15. The molecule has 3 heterocycles. The first-order valence-corrected chi connectivity index (χ1v) is 13.1. The van der Waals surface area contributed by atoms with Crippen LogP contribution in [0.3, 0.4) is 0 Å². The SMILES string of the molecule is O=C(Nc1ccc(N2CCCN(C(=S)Nc3ccccc3F)CC2)nc1)c1nc(-c2ccccc2)oc1C(F)(F)F. The summed E-state index contributed by atoms with van der Waals surface area (Å²) in [4.78, 5) is 25.0. The molecule has 1 aliphatic heterocycles. The highest BCUT2D eigenvalue weighted by Crippen LogP contribution is 2.35. The zero-order chi connectivity index (χ0) is 29.0. The molecule has 0 unspecified atom stereocenters. The molecule has 0 radical (unpaired) electrons. The van der Waals surface area contributed by atoms with Crippen LogP contribution in [0.5, 0.6) is 0 Å². The number of thiocarbonyl (C=S) groups is 1. The normalized spacial score (nSPS) is 14.0. The number of carbonyl (C=O) groups excluding carboxylic acids is 1. The Morgan fingerprint density at radius 3 is 2.39 bits per heavy atom. The fraction of sp³-hybridized carbons (Fsp3) is 0.214. The van der Waals surface area contributed by atoms with Crippen molar-refractivity contribution in [2.75, 3.05) is 41.7 Å². The van der Waals surface area contributed by atoms with Gasteiger partial charge in [-0.05, 0) is 55.0 Å². The Hall–Kier alpha value is -4.52. The number of nitrogens with zero attached hydrogens (tertiary/aromatic N) is 4. The molecule has 0 bridgehead atoms. The first-order valence-electron chi connectivity index (χ1n) is 12.7. The number of nitrogens with one attached hydrogen (secondary N) is 2. The lowest BCUT2D eigenvalue weighted by molar-refractivity contribution is -0.153. The molecule has 2 aromatic heterocycles. The van der Waals surface area contributed by atoms with Gasteiger partial charge in [0.2, 0.25) is 11.7 Å². The van der Waals surface area contributed by atoms with Crippen LogP contribution in [0.25, 0.3) is 11.5 Å².